The van der Waals surface area contributed by atoms with E-state index in [1.54, 1.807) is 10.7 Å². The van der Waals surface area contributed by atoms with E-state index in [0.717, 1.165) is 24.2 Å². The van der Waals surface area contributed by atoms with Gasteiger partial charge in [-0.25, -0.2) is 4.68 Å². The van der Waals surface area contributed by atoms with E-state index in [1.165, 1.54) is 0 Å². The first-order valence-electron chi connectivity index (χ1n) is 7.68. The maximum atomic E-state index is 12.3. The maximum Gasteiger partial charge on any atom is 0.271 e. The van der Waals surface area contributed by atoms with E-state index in [0.29, 0.717) is 12.2 Å². The van der Waals surface area contributed by atoms with Gasteiger partial charge in [0.25, 0.3) is 5.91 Å². The molecule has 0 unspecified atom stereocenters. The number of carbonyl (C=O) groups is 1. The lowest BCUT2D eigenvalue weighted by Crippen LogP contribution is -2.49. The zero-order chi connectivity index (χ0) is 16.2. The highest BCUT2D eigenvalue weighted by Gasteiger charge is 2.22. The zero-order valence-corrected chi connectivity index (χ0v) is 14.7. The van der Waals surface area contributed by atoms with Crippen LogP contribution in [0, 0.1) is 6.92 Å². The third kappa shape index (κ3) is 4.56. The Morgan fingerprint density at radius 1 is 1.26 bits per heavy atom. The average Bonchev–Trinajstić information content (AvgIpc) is 2.95. The molecule has 2 rings (SSSR count). The molecule has 0 atom stereocenters. The van der Waals surface area contributed by atoms with Crippen LogP contribution < -0.4 is 11.1 Å². The van der Waals surface area contributed by atoms with Gasteiger partial charge in [-0.2, -0.15) is 5.10 Å². The molecule has 1 amide bonds. The molecule has 6 heteroatoms. The van der Waals surface area contributed by atoms with Crippen molar-refractivity contribution in [1.29, 1.82) is 0 Å². The Bertz CT molecular complexity index is 635. The summed E-state index contributed by atoms with van der Waals surface area (Å²) < 4.78 is 1.77. The third-order valence-corrected chi connectivity index (χ3v) is 4.13. The van der Waals surface area contributed by atoms with Crippen molar-refractivity contribution in [2.75, 3.05) is 6.54 Å². The topological polar surface area (TPSA) is 72.9 Å². The summed E-state index contributed by atoms with van der Waals surface area (Å²) in [6.07, 6.45) is 1.64. The number of para-hydroxylation sites is 1. The standard InChI is InChI=1S/C17H24N4O.ClH/c1-4-17(18,5-2)12-19-16(22)15-11-13(3)21(20-15)14-9-7-6-8-10-14;/h6-11H,4-5,12,18H2,1-3H3,(H,19,22);1H. The van der Waals surface area contributed by atoms with E-state index in [4.69, 9.17) is 5.73 Å². The molecule has 0 spiro atoms. The number of aromatic nitrogens is 2. The molecular weight excluding hydrogens is 312 g/mol. The van der Waals surface area contributed by atoms with Crippen LogP contribution in [0.3, 0.4) is 0 Å². The van der Waals surface area contributed by atoms with E-state index in [-0.39, 0.29) is 23.9 Å². The van der Waals surface area contributed by atoms with Crippen molar-refractivity contribution < 1.29 is 4.79 Å². The Balaban J connectivity index is 0.00000264. The van der Waals surface area contributed by atoms with E-state index in [1.807, 2.05) is 51.1 Å². The van der Waals surface area contributed by atoms with Gasteiger partial charge in [0.05, 0.1) is 5.69 Å². The Hall–Kier alpha value is -1.85. The number of carbonyl (C=O) groups excluding carboxylic acids is 1. The molecule has 2 aromatic rings. The maximum absolute atomic E-state index is 12.3. The second-order valence-corrected chi connectivity index (χ2v) is 5.67. The molecule has 23 heavy (non-hydrogen) atoms. The summed E-state index contributed by atoms with van der Waals surface area (Å²) in [6, 6.07) is 11.6. The van der Waals surface area contributed by atoms with Gasteiger partial charge in [0, 0.05) is 17.8 Å². The van der Waals surface area contributed by atoms with Crippen LogP contribution in [0.4, 0.5) is 0 Å². The highest BCUT2D eigenvalue weighted by molar-refractivity contribution is 5.92. The molecule has 0 radical (unpaired) electrons. The Kier molecular flexibility index (Phi) is 6.79. The lowest BCUT2D eigenvalue weighted by molar-refractivity contribution is 0.0936. The predicted molar refractivity (Wildman–Crippen MR) is 95.4 cm³/mol. The van der Waals surface area contributed by atoms with E-state index in [9.17, 15) is 4.79 Å². The molecule has 0 aliphatic carbocycles. The van der Waals surface area contributed by atoms with Gasteiger partial charge in [-0.1, -0.05) is 32.0 Å². The summed E-state index contributed by atoms with van der Waals surface area (Å²) in [5.74, 6) is -0.186. The van der Waals surface area contributed by atoms with Gasteiger partial charge in [0.15, 0.2) is 5.69 Å². The van der Waals surface area contributed by atoms with Crippen molar-refractivity contribution in [3.05, 3.63) is 47.8 Å². The van der Waals surface area contributed by atoms with Gasteiger partial charge < -0.3 is 11.1 Å². The minimum absolute atomic E-state index is 0. The minimum atomic E-state index is -0.354. The first-order valence-corrected chi connectivity index (χ1v) is 7.68. The molecule has 0 aliphatic heterocycles. The Labute approximate surface area is 143 Å². The van der Waals surface area contributed by atoms with Crippen molar-refractivity contribution >= 4 is 18.3 Å². The second-order valence-electron chi connectivity index (χ2n) is 5.67. The largest absolute Gasteiger partial charge is 0.349 e. The summed E-state index contributed by atoms with van der Waals surface area (Å²) >= 11 is 0. The van der Waals surface area contributed by atoms with Gasteiger partial charge in [-0.15, -0.1) is 12.4 Å². The molecule has 0 fully saturated rings. The molecule has 0 saturated carbocycles. The molecule has 126 valence electrons. The molecule has 3 N–H and O–H groups in total. The SMILES string of the molecule is CCC(N)(CC)CNC(=O)c1cc(C)n(-c2ccccc2)n1.Cl. The molecule has 0 bridgehead atoms. The van der Waals surface area contributed by atoms with Crippen molar-refractivity contribution in [3.8, 4) is 5.69 Å². The molecule has 0 aliphatic rings. The highest BCUT2D eigenvalue weighted by Crippen LogP contribution is 2.13. The quantitative estimate of drug-likeness (QED) is 0.852. The van der Waals surface area contributed by atoms with Crippen molar-refractivity contribution in [1.82, 2.24) is 15.1 Å². The van der Waals surface area contributed by atoms with Gasteiger partial charge >= 0.3 is 0 Å². The van der Waals surface area contributed by atoms with Gasteiger partial charge in [0.1, 0.15) is 0 Å². The van der Waals surface area contributed by atoms with E-state index in [2.05, 4.69) is 10.4 Å². The summed E-state index contributed by atoms with van der Waals surface area (Å²) in [4.78, 5) is 12.3. The molecule has 0 saturated heterocycles. The molecular formula is C17H25ClN4O. The summed E-state index contributed by atoms with van der Waals surface area (Å²) in [6.45, 7) is 6.45. The minimum Gasteiger partial charge on any atom is -0.349 e. The van der Waals surface area contributed by atoms with Crippen molar-refractivity contribution in [2.24, 2.45) is 5.73 Å². The van der Waals surface area contributed by atoms with Crippen LogP contribution >= 0.6 is 12.4 Å². The Morgan fingerprint density at radius 2 is 1.87 bits per heavy atom. The number of nitrogens with zero attached hydrogens (tertiary/aromatic N) is 2. The lowest BCUT2D eigenvalue weighted by Gasteiger charge is -2.26. The zero-order valence-electron chi connectivity index (χ0n) is 13.9. The number of hydrogen-bond acceptors (Lipinski definition) is 3. The third-order valence-electron chi connectivity index (χ3n) is 4.13. The first kappa shape index (κ1) is 19.2. The molecule has 1 aromatic heterocycles. The molecule has 5 nitrogen and oxygen atoms in total. The number of halogens is 1. The lowest BCUT2D eigenvalue weighted by atomic mass is 9.94. The average molecular weight is 337 g/mol. The molecule has 1 heterocycles. The summed E-state index contributed by atoms with van der Waals surface area (Å²) in [7, 11) is 0. The fraction of sp³-hybridized carbons (Fsp3) is 0.412. The van der Waals surface area contributed by atoms with E-state index < -0.39 is 0 Å². The van der Waals surface area contributed by atoms with Gasteiger partial charge in [0.2, 0.25) is 0 Å². The smallest absolute Gasteiger partial charge is 0.271 e. The number of hydrogen-bond donors (Lipinski definition) is 2. The fourth-order valence-corrected chi connectivity index (χ4v) is 2.26. The highest BCUT2D eigenvalue weighted by atomic mass is 35.5. The number of aryl methyl sites for hydroxylation is 1. The molecule has 1 aromatic carbocycles. The fourth-order valence-electron chi connectivity index (χ4n) is 2.26. The van der Waals surface area contributed by atoms with Crippen LogP contribution in [0.2, 0.25) is 0 Å². The monoisotopic (exact) mass is 336 g/mol. The van der Waals surface area contributed by atoms with Crippen LogP contribution in [-0.4, -0.2) is 27.8 Å². The number of nitrogens with one attached hydrogen (secondary N) is 1. The van der Waals surface area contributed by atoms with Crippen molar-refractivity contribution in [3.63, 3.8) is 0 Å². The number of nitrogens with two attached hydrogens (primary N) is 1. The summed E-state index contributed by atoms with van der Waals surface area (Å²) in [5.41, 5.74) is 8.12. The predicted octanol–water partition coefficient (Wildman–Crippen LogP) is 2.85. The Morgan fingerprint density at radius 3 is 2.43 bits per heavy atom. The van der Waals surface area contributed by atoms with Gasteiger partial charge in [-0.3, -0.25) is 4.79 Å². The van der Waals surface area contributed by atoms with E-state index >= 15 is 0 Å². The van der Waals surface area contributed by atoms with Crippen molar-refractivity contribution in [2.45, 2.75) is 39.2 Å². The van der Waals surface area contributed by atoms with Crippen LogP contribution in [-0.2, 0) is 0 Å². The van der Waals surface area contributed by atoms with Crippen LogP contribution in [0.25, 0.3) is 5.69 Å². The first-order chi connectivity index (χ1) is 10.5. The van der Waals surface area contributed by atoms with Crippen LogP contribution in [0.1, 0.15) is 42.9 Å². The summed E-state index contributed by atoms with van der Waals surface area (Å²) in [5, 5.41) is 7.29. The normalized spacial score (nSPS) is 11.0. The van der Waals surface area contributed by atoms with Crippen LogP contribution in [0.15, 0.2) is 36.4 Å². The van der Waals surface area contributed by atoms with Crippen LogP contribution in [0.5, 0.6) is 0 Å². The number of rotatable bonds is 6. The number of benzene rings is 1. The van der Waals surface area contributed by atoms with Gasteiger partial charge in [-0.05, 0) is 38.0 Å². The second kappa shape index (κ2) is 8.13. The number of amides is 1.